The standard InChI is InChI=1S/C17H24N6O2S/c1-17(2,25)14-10-23(21-20-14)8-12-7-11-3-5-22(12)9-13(11)15(24)19-16-18-4-6-26-16/h4,6,10-13,25H,3,5,7-9H2,1-2H3,(H,18,19,24). The number of aromatic nitrogens is 4. The Labute approximate surface area is 156 Å². The van der Waals surface area contributed by atoms with E-state index >= 15 is 0 Å². The molecule has 5 heterocycles. The Morgan fingerprint density at radius 3 is 2.96 bits per heavy atom. The van der Waals surface area contributed by atoms with Gasteiger partial charge in [-0.1, -0.05) is 5.21 Å². The van der Waals surface area contributed by atoms with Gasteiger partial charge in [0.25, 0.3) is 0 Å². The second-order valence-electron chi connectivity index (χ2n) is 7.75. The number of piperidine rings is 3. The van der Waals surface area contributed by atoms with E-state index in [4.69, 9.17) is 0 Å². The zero-order valence-electron chi connectivity index (χ0n) is 15.0. The highest BCUT2D eigenvalue weighted by Gasteiger charge is 2.43. The summed E-state index contributed by atoms with van der Waals surface area (Å²) in [7, 11) is 0. The van der Waals surface area contributed by atoms with Gasteiger partial charge in [-0.3, -0.25) is 14.4 Å². The lowest BCUT2D eigenvalue weighted by Gasteiger charge is -2.49. The fraction of sp³-hybridized carbons (Fsp3) is 0.647. The first-order valence-electron chi connectivity index (χ1n) is 8.97. The van der Waals surface area contributed by atoms with E-state index in [0.29, 0.717) is 22.8 Å². The van der Waals surface area contributed by atoms with Crippen LogP contribution in [0.2, 0.25) is 0 Å². The number of carbonyl (C=O) groups is 1. The van der Waals surface area contributed by atoms with Gasteiger partial charge in [-0.2, -0.15) is 0 Å². The summed E-state index contributed by atoms with van der Waals surface area (Å²) in [5.74, 6) is 0.493. The van der Waals surface area contributed by atoms with E-state index in [-0.39, 0.29) is 11.8 Å². The van der Waals surface area contributed by atoms with E-state index in [2.05, 4.69) is 25.5 Å². The van der Waals surface area contributed by atoms with E-state index in [1.165, 1.54) is 11.3 Å². The monoisotopic (exact) mass is 376 g/mol. The predicted molar refractivity (Wildman–Crippen MR) is 97.6 cm³/mol. The molecule has 5 rings (SSSR count). The lowest BCUT2D eigenvalue weighted by Crippen LogP contribution is -2.57. The molecule has 0 spiro atoms. The van der Waals surface area contributed by atoms with Gasteiger partial charge in [0.2, 0.25) is 5.91 Å². The summed E-state index contributed by atoms with van der Waals surface area (Å²) in [5.41, 5.74) is -0.405. The van der Waals surface area contributed by atoms with Gasteiger partial charge >= 0.3 is 0 Å². The molecular weight excluding hydrogens is 352 g/mol. The molecule has 2 bridgehead atoms. The van der Waals surface area contributed by atoms with Crippen molar-refractivity contribution in [2.24, 2.45) is 11.8 Å². The predicted octanol–water partition coefficient (Wildman–Crippen LogP) is 1.31. The largest absolute Gasteiger partial charge is 0.384 e. The van der Waals surface area contributed by atoms with Gasteiger partial charge in [0, 0.05) is 24.2 Å². The minimum atomic E-state index is -0.983. The van der Waals surface area contributed by atoms with E-state index in [0.717, 1.165) is 32.5 Å². The van der Waals surface area contributed by atoms with Gasteiger partial charge in [0.05, 0.1) is 18.7 Å². The number of nitrogens with one attached hydrogen (secondary N) is 1. The third kappa shape index (κ3) is 3.51. The van der Waals surface area contributed by atoms with Crippen molar-refractivity contribution in [1.29, 1.82) is 0 Å². The summed E-state index contributed by atoms with van der Waals surface area (Å²) in [6, 6.07) is 0.356. The summed E-state index contributed by atoms with van der Waals surface area (Å²) in [5, 5.41) is 23.8. The quantitative estimate of drug-likeness (QED) is 0.817. The molecule has 2 N–H and O–H groups in total. The van der Waals surface area contributed by atoms with Crippen LogP contribution >= 0.6 is 11.3 Å². The molecule has 2 aromatic heterocycles. The fourth-order valence-corrected chi connectivity index (χ4v) is 4.52. The summed E-state index contributed by atoms with van der Waals surface area (Å²) in [6.07, 6.45) is 5.55. The lowest BCUT2D eigenvalue weighted by atomic mass is 9.75. The normalized spacial score (nSPS) is 28.3. The molecule has 3 saturated heterocycles. The second kappa shape index (κ2) is 6.71. The molecular formula is C17H24N6O2S. The highest BCUT2D eigenvalue weighted by molar-refractivity contribution is 7.13. The van der Waals surface area contributed by atoms with Crippen LogP contribution in [-0.2, 0) is 16.9 Å². The minimum Gasteiger partial charge on any atom is -0.384 e. The molecule has 26 heavy (non-hydrogen) atoms. The van der Waals surface area contributed by atoms with Crippen LogP contribution in [0.3, 0.4) is 0 Å². The molecule has 3 aliphatic heterocycles. The number of carbonyl (C=O) groups excluding carboxylic acids is 1. The molecule has 9 heteroatoms. The number of anilines is 1. The number of hydrogen-bond acceptors (Lipinski definition) is 7. The Bertz CT molecular complexity index is 769. The molecule has 0 radical (unpaired) electrons. The number of thiazole rings is 1. The Morgan fingerprint density at radius 2 is 2.35 bits per heavy atom. The fourth-order valence-electron chi connectivity index (χ4n) is 3.99. The van der Waals surface area contributed by atoms with Crippen molar-refractivity contribution in [2.45, 2.75) is 44.9 Å². The van der Waals surface area contributed by atoms with Crippen LogP contribution in [-0.4, -0.2) is 55.0 Å². The van der Waals surface area contributed by atoms with Crippen LogP contribution in [0.15, 0.2) is 17.8 Å². The molecule has 4 unspecified atom stereocenters. The molecule has 4 atom stereocenters. The van der Waals surface area contributed by atoms with Gasteiger partial charge in [-0.05, 0) is 39.2 Å². The van der Waals surface area contributed by atoms with Gasteiger partial charge in [-0.15, -0.1) is 16.4 Å². The van der Waals surface area contributed by atoms with Crippen LogP contribution < -0.4 is 5.32 Å². The number of hydrogen-bond donors (Lipinski definition) is 2. The van der Waals surface area contributed by atoms with E-state index in [9.17, 15) is 9.90 Å². The first-order valence-corrected chi connectivity index (χ1v) is 9.85. The molecule has 8 nitrogen and oxygen atoms in total. The average Bonchev–Trinajstić information content (AvgIpc) is 3.27. The molecule has 0 aromatic carbocycles. The molecule has 3 aliphatic rings. The average molecular weight is 376 g/mol. The van der Waals surface area contributed by atoms with E-state index < -0.39 is 5.60 Å². The number of nitrogens with zero attached hydrogens (tertiary/aromatic N) is 5. The second-order valence-corrected chi connectivity index (χ2v) is 8.65. The molecule has 0 saturated carbocycles. The number of fused-ring (bicyclic) bond motifs is 3. The maximum absolute atomic E-state index is 12.6. The van der Waals surface area contributed by atoms with Gasteiger partial charge in [0.15, 0.2) is 5.13 Å². The van der Waals surface area contributed by atoms with Crippen molar-refractivity contribution in [2.75, 3.05) is 18.4 Å². The Kier molecular flexibility index (Phi) is 4.54. The molecule has 0 aliphatic carbocycles. The van der Waals surface area contributed by atoms with Crippen LogP contribution in [0, 0.1) is 11.8 Å². The maximum Gasteiger partial charge on any atom is 0.230 e. The van der Waals surface area contributed by atoms with Crippen LogP contribution in [0.5, 0.6) is 0 Å². The Morgan fingerprint density at radius 1 is 1.50 bits per heavy atom. The Hall–Kier alpha value is -1.84. The highest BCUT2D eigenvalue weighted by Crippen LogP contribution is 2.37. The summed E-state index contributed by atoms with van der Waals surface area (Å²) in [4.78, 5) is 19.1. The molecule has 3 fully saturated rings. The number of rotatable bonds is 5. The lowest BCUT2D eigenvalue weighted by molar-refractivity contribution is -0.127. The van der Waals surface area contributed by atoms with Gasteiger partial charge < -0.3 is 10.4 Å². The SMILES string of the molecule is CC(C)(O)c1cn(CC2CC3CCN2CC3C(=O)Nc2nccs2)nn1. The van der Waals surface area contributed by atoms with Gasteiger partial charge in [0.1, 0.15) is 11.3 Å². The Balaban J connectivity index is 1.39. The first-order chi connectivity index (χ1) is 12.4. The first kappa shape index (κ1) is 17.6. The summed E-state index contributed by atoms with van der Waals surface area (Å²) in [6.45, 7) is 5.95. The summed E-state index contributed by atoms with van der Waals surface area (Å²) < 4.78 is 1.81. The minimum absolute atomic E-state index is 0.0200. The number of aliphatic hydroxyl groups is 1. The van der Waals surface area contributed by atoms with Crippen molar-refractivity contribution in [3.8, 4) is 0 Å². The molecule has 1 amide bonds. The van der Waals surface area contributed by atoms with Crippen molar-refractivity contribution in [3.63, 3.8) is 0 Å². The zero-order valence-corrected chi connectivity index (χ0v) is 15.8. The van der Waals surface area contributed by atoms with Gasteiger partial charge in [-0.25, -0.2) is 4.98 Å². The van der Waals surface area contributed by atoms with Crippen molar-refractivity contribution < 1.29 is 9.90 Å². The topological polar surface area (TPSA) is 96.2 Å². The van der Waals surface area contributed by atoms with Crippen molar-refractivity contribution >= 4 is 22.4 Å². The third-order valence-electron chi connectivity index (χ3n) is 5.44. The smallest absolute Gasteiger partial charge is 0.230 e. The van der Waals surface area contributed by atoms with Crippen molar-refractivity contribution in [3.05, 3.63) is 23.5 Å². The van der Waals surface area contributed by atoms with E-state index in [1.807, 2.05) is 16.3 Å². The number of amides is 1. The third-order valence-corrected chi connectivity index (χ3v) is 6.13. The van der Waals surface area contributed by atoms with Crippen LogP contribution in [0.1, 0.15) is 32.4 Å². The van der Waals surface area contributed by atoms with Crippen molar-refractivity contribution in [1.82, 2.24) is 24.9 Å². The van der Waals surface area contributed by atoms with E-state index in [1.54, 1.807) is 20.0 Å². The molecule has 140 valence electrons. The van der Waals surface area contributed by atoms with Crippen LogP contribution in [0.25, 0.3) is 0 Å². The summed E-state index contributed by atoms with van der Waals surface area (Å²) >= 11 is 1.45. The maximum atomic E-state index is 12.6. The molecule has 2 aromatic rings. The highest BCUT2D eigenvalue weighted by atomic mass is 32.1. The zero-order chi connectivity index (χ0) is 18.3. The van der Waals surface area contributed by atoms with Crippen LogP contribution in [0.4, 0.5) is 5.13 Å².